The summed E-state index contributed by atoms with van der Waals surface area (Å²) in [7, 11) is 1.56. The van der Waals surface area contributed by atoms with Gasteiger partial charge in [0, 0.05) is 0 Å². The van der Waals surface area contributed by atoms with Crippen LogP contribution in [0.25, 0.3) is 0 Å². The van der Waals surface area contributed by atoms with E-state index in [-0.39, 0.29) is 36.5 Å². The maximum atomic E-state index is 5.77. The molecule has 0 aliphatic rings. The van der Waals surface area contributed by atoms with Crippen molar-refractivity contribution in [2.75, 3.05) is 7.11 Å². The predicted octanol–water partition coefficient (Wildman–Crippen LogP) is 0.186. The Morgan fingerprint density at radius 1 is 1.23 bits per heavy atom. The van der Waals surface area contributed by atoms with Crippen LogP contribution in [0.4, 0.5) is 0 Å². The van der Waals surface area contributed by atoms with Crippen molar-refractivity contribution in [3.05, 3.63) is 34.7 Å². The summed E-state index contributed by atoms with van der Waals surface area (Å²) in [6.45, 7) is 3.68. The summed E-state index contributed by atoms with van der Waals surface area (Å²) >= 11 is 11.5. The molecule has 0 aliphatic carbocycles. The van der Waals surface area contributed by atoms with E-state index in [0.717, 1.165) is 0 Å². The van der Waals surface area contributed by atoms with Gasteiger partial charge in [0.2, 0.25) is 0 Å². The van der Waals surface area contributed by atoms with Gasteiger partial charge in [-0.25, -0.2) is 0 Å². The third-order valence-corrected chi connectivity index (χ3v) is 2.02. The van der Waals surface area contributed by atoms with Crippen LogP contribution >= 0.6 is 23.2 Å². The van der Waals surface area contributed by atoms with Gasteiger partial charge in [-0.2, -0.15) is 35.7 Å². The zero-order valence-electron chi connectivity index (χ0n) is 7.11. The average Bonchev–Trinajstić information content (AvgIpc) is 1.99. The predicted molar refractivity (Wildman–Crippen MR) is 47.5 cm³/mol. The number of hydrogen-bond acceptors (Lipinski definition) is 1. The molecular weight excluding hydrogens is 328 g/mol. The van der Waals surface area contributed by atoms with E-state index in [2.05, 4.69) is 6.92 Å². The number of methoxy groups -OCH3 is 1. The van der Waals surface area contributed by atoms with Crippen molar-refractivity contribution in [2.24, 2.45) is 0 Å². The Morgan fingerprint density at radius 2 is 1.62 bits per heavy atom. The third kappa shape index (κ3) is 4.07. The quantitative estimate of drug-likeness (QED) is 0.526. The van der Waals surface area contributed by atoms with E-state index < -0.39 is 0 Å². The molecule has 0 radical (unpaired) electrons. The Balaban J connectivity index is 0. The zero-order valence-corrected chi connectivity index (χ0v) is 13.2. The van der Waals surface area contributed by atoms with Gasteiger partial charge in [-0.15, -0.1) is 0 Å². The Kier molecular flexibility index (Phi) is 8.56. The normalized spacial score (nSPS) is 8.23. The first kappa shape index (κ1) is 16.0. The van der Waals surface area contributed by atoms with Crippen LogP contribution in [0, 0.1) is 6.92 Å². The minimum atomic E-state index is 0. The van der Waals surface area contributed by atoms with Crippen LogP contribution in [-0.4, -0.2) is 7.11 Å². The van der Waals surface area contributed by atoms with Gasteiger partial charge in [-0.1, -0.05) is 22.2 Å². The molecule has 0 atom stereocenters. The second kappa shape index (κ2) is 6.94. The standard InChI is InChI=1S/C8H7Cl2O.BrH.Zn/c1-5-7(9)3-6(11-2)4-8(5)10;;/h3-4H,1H2,2H3;1H;/q-1;;+2/p-1. The van der Waals surface area contributed by atoms with Crippen molar-refractivity contribution in [1.82, 2.24) is 0 Å². The molecule has 0 saturated heterocycles. The van der Waals surface area contributed by atoms with Crippen LogP contribution in [0.3, 0.4) is 0 Å². The molecule has 13 heavy (non-hydrogen) atoms. The van der Waals surface area contributed by atoms with E-state index in [4.69, 9.17) is 27.9 Å². The maximum Gasteiger partial charge on any atom is 2.00 e. The van der Waals surface area contributed by atoms with Gasteiger partial charge in [0.1, 0.15) is 0 Å². The third-order valence-electron chi connectivity index (χ3n) is 1.35. The van der Waals surface area contributed by atoms with Crippen LogP contribution in [0.1, 0.15) is 5.56 Å². The van der Waals surface area contributed by atoms with E-state index in [1.165, 1.54) is 0 Å². The Morgan fingerprint density at radius 3 is 1.92 bits per heavy atom. The SMILES string of the molecule is [Br-].[CH2-]c1c(Cl)cc(OC)cc1Cl.[Zn+2]. The first-order chi connectivity index (χ1) is 5.15. The summed E-state index contributed by atoms with van der Waals surface area (Å²) in [5.41, 5.74) is 0.633. The molecule has 0 N–H and O–H groups in total. The second-order valence-electron chi connectivity index (χ2n) is 2.07. The van der Waals surface area contributed by atoms with E-state index in [1.54, 1.807) is 19.2 Å². The molecule has 0 spiro atoms. The molecular formula is C8H7BrCl2OZn. The molecule has 0 unspecified atom stereocenters. The van der Waals surface area contributed by atoms with Crippen molar-refractivity contribution in [3.8, 4) is 5.75 Å². The summed E-state index contributed by atoms with van der Waals surface area (Å²) in [6, 6.07) is 3.35. The van der Waals surface area contributed by atoms with Gasteiger partial charge in [-0.05, 0) is 0 Å². The Labute approximate surface area is 111 Å². The molecule has 1 aromatic carbocycles. The number of rotatable bonds is 1. The molecule has 0 aliphatic heterocycles. The fourth-order valence-corrected chi connectivity index (χ4v) is 1.16. The molecule has 1 nitrogen and oxygen atoms in total. The van der Waals surface area contributed by atoms with E-state index in [0.29, 0.717) is 21.4 Å². The summed E-state index contributed by atoms with van der Waals surface area (Å²) in [5.74, 6) is 0.646. The summed E-state index contributed by atoms with van der Waals surface area (Å²) in [6.07, 6.45) is 0. The molecule has 0 heterocycles. The molecule has 0 bridgehead atoms. The monoisotopic (exact) mass is 332 g/mol. The van der Waals surface area contributed by atoms with Gasteiger partial charge in [0.05, 0.1) is 12.9 Å². The molecule has 1 rings (SSSR count). The summed E-state index contributed by atoms with van der Waals surface area (Å²) in [4.78, 5) is 0. The summed E-state index contributed by atoms with van der Waals surface area (Å²) in [5, 5.41) is 1.05. The van der Waals surface area contributed by atoms with Crippen molar-refractivity contribution >= 4 is 23.2 Å². The van der Waals surface area contributed by atoms with E-state index >= 15 is 0 Å². The number of benzene rings is 1. The molecule has 0 fully saturated rings. The van der Waals surface area contributed by atoms with Gasteiger partial charge >= 0.3 is 19.5 Å². The van der Waals surface area contributed by atoms with Crippen LogP contribution in [0.2, 0.25) is 10.0 Å². The molecule has 0 aromatic heterocycles. The number of ether oxygens (including phenoxy) is 1. The zero-order chi connectivity index (χ0) is 8.43. The van der Waals surface area contributed by atoms with Crippen molar-refractivity contribution < 1.29 is 41.2 Å². The number of halogens is 3. The number of hydrogen-bond donors (Lipinski definition) is 0. The molecule has 0 saturated carbocycles. The second-order valence-corrected chi connectivity index (χ2v) is 2.88. The van der Waals surface area contributed by atoms with Crippen molar-refractivity contribution in [3.63, 3.8) is 0 Å². The molecule has 68 valence electrons. The van der Waals surface area contributed by atoms with Crippen LogP contribution in [0.15, 0.2) is 12.1 Å². The minimum Gasteiger partial charge on any atom is -1.00 e. The average molecular weight is 335 g/mol. The first-order valence-electron chi connectivity index (χ1n) is 3.00. The molecule has 5 heteroatoms. The van der Waals surface area contributed by atoms with Gasteiger partial charge in [-0.3, -0.25) is 0 Å². The topological polar surface area (TPSA) is 9.23 Å². The van der Waals surface area contributed by atoms with Gasteiger partial charge < -0.3 is 21.7 Å². The fourth-order valence-electron chi connectivity index (χ4n) is 0.698. The Hall–Kier alpha value is 0.573. The fraction of sp³-hybridized carbons (Fsp3) is 0.125. The van der Waals surface area contributed by atoms with Crippen molar-refractivity contribution in [1.29, 1.82) is 0 Å². The van der Waals surface area contributed by atoms with Crippen LogP contribution in [-0.2, 0) is 19.5 Å². The smallest absolute Gasteiger partial charge is 1.00 e. The molecule has 0 amide bonds. The van der Waals surface area contributed by atoms with Crippen LogP contribution in [0.5, 0.6) is 5.75 Å². The van der Waals surface area contributed by atoms with E-state index in [1.807, 2.05) is 0 Å². The van der Waals surface area contributed by atoms with E-state index in [9.17, 15) is 0 Å². The maximum absolute atomic E-state index is 5.77. The molecule has 1 aromatic rings. The minimum absolute atomic E-state index is 0. The first-order valence-corrected chi connectivity index (χ1v) is 3.75. The van der Waals surface area contributed by atoms with Gasteiger partial charge in [0.25, 0.3) is 0 Å². The Bertz CT molecular complexity index is 258. The largest absolute Gasteiger partial charge is 2.00 e. The summed E-state index contributed by atoms with van der Waals surface area (Å²) < 4.78 is 4.93. The van der Waals surface area contributed by atoms with Crippen LogP contribution < -0.4 is 21.7 Å². The van der Waals surface area contributed by atoms with Gasteiger partial charge in [0.15, 0.2) is 0 Å². The van der Waals surface area contributed by atoms with Crippen molar-refractivity contribution in [2.45, 2.75) is 0 Å².